The lowest BCUT2D eigenvalue weighted by molar-refractivity contribution is -0.118. The molecule has 0 saturated heterocycles. The first-order valence-corrected chi connectivity index (χ1v) is 8.13. The third kappa shape index (κ3) is 2.85. The zero-order valence-electron chi connectivity index (χ0n) is 14.0. The number of para-hydroxylation sites is 3. The smallest absolute Gasteiger partial charge is 0.314 e. The summed E-state index contributed by atoms with van der Waals surface area (Å²) in [4.78, 5) is 26.9. The number of hydrogen-bond acceptors (Lipinski definition) is 2. The van der Waals surface area contributed by atoms with Gasteiger partial charge in [0.05, 0.1) is 11.0 Å². The van der Waals surface area contributed by atoms with Crippen LogP contribution in [-0.2, 0) is 17.9 Å². The number of hydrogen-bond donors (Lipinski definition) is 0. The van der Waals surface area contributed by atoms with Gasteiger partial charge in [-0.2, -0.15) is 0 Å². The Kier molecular flexibility index (Phi) is 4.51. The molecule has 3 aromatic rings. The van der Waals surface area contributed by atoms with Crippen LogP contribution >= 0.6 is 0 Å². The van der Waals surface area contributed by atoms with Crippen LogP contribution in [0.2, 0.25) is 0 Å². The summed E-state index contributed by atoms with van der Waals surface area (Å²) in [5.41, 5.74) is 2.35. The lowest BCUT2D eigenvalue weighted by Crippen LogP contribution is -2.34. The molecule has 2 aromatic carbocycles. The van der Waals surface area contributed by atoms with E-state index in [4.69, 9.17) is 0 Å². The minimum absolute atomic E-state index is 0.0292. The number of anilines is 1. The number of carbonyl (C=O) groups is 1. The van der Waals surface area contributed by atoms with Gasteiger partial charge in [0, 0.05) is 19.3 Å². The molecule has 0 N–H and O–H groups in total. The van der Waals surface area contributed by atoms with Gasteiger partial charge in [-0.15, -0.1) is 0 Å². The average Bonchev–Trinajstić information content (AvgIpc) is 2.88. The number of likely N-dealkylation sites (N-methyl/N-ethyl adjacent to an activating group) is 1. The van der Waals surface area contributed by atoms with Crippen LogP contribution in [0.25, 0.3) is 11.0 Å². The van der Waals surface area contributed by atoms with E-state index in [0.29, 0.717) is 6.54 Å². The summed E-state index contributed by atoms with van der Waals surface area (Å²) in [5, 5.41) is 0. The monoisotopic (exact) mass is 323 g/mol. The Labute approximate surface area is 140 Å². The lowest BCUT2D eigenvalue weighted by atomic mass is 10.3. The molecule has 0 aliphatic rings. The number of benzene rings is 2. The van der Waals surface area contributed by atoms with Gasteiger partial charge in [0.25, 0.3) is 0 Å². The van der Waals surface area contributed by atoms with Crippen LogP contribution in [0.3, 0.4) is 0 Å². The van der Waals surface area contributed by atoms with Gasteiger partial charge in [-0.05, 0) is 30.7 Å². The number of aromatic nitrogens is 2. The van der Waals surface area contributed by atoms with E-state index in [9.17, 15) is 9.59 Å². The quantitative estimate of drug-likeness (QED) is 0.725. The second-order valence-electron chi connectivity index (χ2n) is 5.80. The number of nitrogens with zero attached hydrogens (tertiary/aromatic N) is 3. The summed E-state index contributed by atoms with van der Waals surface area (Å²) in [6.45, 7) is 2.71. The van der Waals surface area contributed by atoms with Gasteiger partial charge in [0.1, 0.15) is 6.54 Å². The molecule has 0 fully saturated rings. The summed E-state index contributed by atoms with van der Waals surface area (Å²) < 4.78 is 3.30. The number of carbonyl (C=O) groups excluding carboxylic acids is 1. The van der Waals surface area contributed by atoms with Crippen molar-refractivity contribution >= 4 is 22.6 Å². The van der Waals surface area contributed by atoms with E-state index in [0.717, 1.165) is 23.1 Å². The first kappa shape index (κ1) is 16.1. The maximum Gasteiger partial charge on any atom is 0.329 e. The molecular weight excluding hydrogens is 302 g/mol. The van der Waals surface area contributed by atoms with Crippen molar-refractivity contribution in [1.29, 1.82) is 0 Å². The van der Waals surface area contributed by atoms with Crippen molar-refractivity contribution in [3.05, 3.63) is 65.1 Å². The highest BCUT2D eigenvalue weighted by molar-refractivity contribution is 5.93. The van der Waals surface area contributed by atoms with Crippen LogP contribution in [0.5, 0.6) is 0 Å². The molecule has 5 nitrogen and oxygen atoms in total. The Balaban J connectivity index is 1.97. The highest BCUT2D eigenvalue weighted by Gasteiger charge is 2.17. The number of imidazole rings is 1. The summed E-state index contributed by atoms with van der Waals surface area (Å²) in [6, 6.07) is 17.0. The van der Waals surface area contributed by atoms with Crippen LogP contribution in [0, 0.1) is 0 Å². The Bertz CT molecular complexity index is 909. The summed E-state index contributed by atoms with van der Waals surface area (Å²) in [5.74, 6) is -0.122. The van der Waals surface area contributed by atoms with Crippen molar-refractivity contribution < 1.29 is 4.79 Å². The van der Waals surface area contributed by atoms with E-state index < -0.39 is 0 Å². The van der Waals surface area contributed by atoms with Gasteiger partial charge in [0.15, 0.2) is 0 Å². The van der Waals surface area contributed by atoms with E-state index in [2.05, 4.69) is 0 Å². The molecular formula is C19H21N3O2. The van der Waals surface area contributed by atoms with E-state index >= 15 is 0 Å². The number of rotatable bonds is 5. The topological polar surface area (TPSA) is 47.2 Å². The fourth-order valence-electron chi connectivity index (χ4n) is 2.90. The van der Waals surface area contributed by atoms with Crippen LogP contribution in [0.1, 0.15) is 13.3 Å². The maximum atomic E-state index is 12.7. The van der Waals surface area contributed by atoms with Crippen LogP contribution in [-0.4, -0.2) is 22.1 Å². The fourth-order valence-corrected chi connectivity index (χ4v) is 2.90. The predicted octanol–water partition coefficient (Wildman–Crippen LogP) is 2.88. The van der Waals surface area contributed by atoms with Gasteiger partial charge >= 0.3 is 5.69 Å². The molecule has 0 radical (unpaired) electrons. The molecule has 1 heterocycles. The summed E-state index contributed by atoms with van der Waals surface area (Å²) >= 11 is 0. The van der Waals surface area contributed by atoms with Crippen LogP contribution < -0.4 is 10.6 Å². The number of fused-ring (bicyclic) bond motifs is 1. The lowest BCUT2D eigenvalue weighted by Gasteiger charge is -2.17. The number of amides is 1. The van der Waals surface area contributed by atoms with Crippen LogP contribution in [0.15, 0.2) is 59.4 Å². The third-order valence-electron chi connectivity index (χ3n) is 4.18. The van der Waals surface area contributed by atoms with E-state index in [1.807, 2.05) is 61.5 Å². The average molecular weight is 323 g/mol. The zero-order valence-corrected chi connectivity index (χ0v) is 14.0. The SMILES string of the molecule is CCCn1c(=O)n(CC(=O)N(C)c2ccccc2)c2ccccc21. The van der Waals surface area contributed by atoms with Crippen molar-refractivity contribution in [2.75, 3.05) is 11.9 Å². The molecule has 0 spiro atoms. The fraction of sp³-hybridized carbons (Fsp3) is 0.263. The normalized spacial score (nSPS) is 10.9. The highest BCUT2D eigenvalue weighted by atomic mass is 16.2. The van der Waals surface area contributed by atoms with E-state index in [1.165, 1.54) is 0 Å². The molecule has 0 aliphatic carbocycles. The molecule has 1 aromatic heterocycles. The van der Waals surface area contributed by atoms with Crippen molar-refractivity contribution in [2.24, 2.45) is 0 Å². The highest BCUT2D eigenvalue weighted by Crippen LogP contribution is 2.15. The predicted molar refractivity (Wildman–Crippen MR) is 96.3 cm³/mol. The second kappa shape index (κ2) is 6.74. The van der Waals surface area contributed by atoms with Crippen molar-refractivity contribution in [3.8, 4) is 0 Å². The van der Waals surface area contributed by atoms with Gasteiger partial charge in [0.2, 0.25) is 5.91 Å². The molecule has 0 atom stereocenters. The molecule has 1 amide bonds. The Hall–Kier alpha value is -2.82. The minimum Gasteiger partial charge on any atom is -0.314 e. The Morgan fingerprint density at radius 2 is 1.54 bits per heavy atom. The van der Waals surface area contributed by atoms with E-state index in [1.54, 1.807) is 21.1 Å². The van der Waals surface area contributed by atoms with Gasteiger partial charge in [-0.25, -0.2) is 4.79 Å². The summed E-state index contributed by atoms with van der Waals surface area (Å²) in [6.07, 6.45) is 0.867. The Morgan fingerprint density at radius 3 is 2.17 bits per heavy atom. The molecule has 24 heavy (non-hydrogen) atoms. The first-order valence-electron chi connectivity index (χ1n) is 8.13. The van der Waals surface area contributed by atoms with Crippen molar-refractivity contribution in [2.45, 2.75) is 26.4 Å². The maximum absolute atomic E-state index is 12.7. The van der Waals surface area contributed by atoms with Gasteiger partial charge in [-0.3, -0.25) is 13.9 Å². The molecule has 0 unspecified atom stereocenters. The second-order valence-corrected chi connectivity index (χ2v) is 5.80. The Morgan fingerprint density at radius 1 is 0.958 bits per heavy atom. The third-order valence-corrected chi connectivity index (χ3v) is 4.18. The molecule has 5 heteroatoms. The molecule has 0 saturated carbocycles. The van der Waals surface area contributed by atoms with Gasteiger partial charge in [-0.1, -0.05) is 37.3 Å². The van der Waals surface area contributed by atoms with Crippen molar-refractivity contribution in [1.82, 2.24) is 9.13 Å². The van der Waals surface area contributed by atoms with E-state index in [-0.39, 0.29) is 18.1 Å². The van der Waals surface area contributed by atoms with Gasteiger partial charge < -0.3 is 4.90 Å². The van der Waals surface area contributed by atoms with Crippen LogP contribution in [0.4, 0.5) is 5.69 Å². The molecule has 3 rings (SSSR count). The standard InChI is InChI=1S/C19H21N3O2/c1-3-13-21-16-11-7-8-12-17(16)22(19(21)24)14-18(23)20(2)15-9-5-4-6-10-15/h4-12H,3,13-14H2,1-2H3. The molecule has 0 aliphatic heterocycles. The zero-order chi connectivity index (χ0) is 17.1. The summed E-state index contributed by atoms with van der Waals surface area (Å²) in [7, 11) is 1.73. The molecule has 0 bridgehead atoms. The largest absolute Gasteiger partial charge is 0.329 e. The first-order chi connectivity index (χ1) is 11.6. The molecule has 124 valence electrons. The van der Waals surface area contributed by atoms with Crippen molar-refractivity contribution in [3.63, 3.8) is 0 Å². The number of aryl methyl sites for hydroxylation is 1. The minimum atomic E-state index is -0.132.